The van der Waals surface area contributed by atoms with E-state index in [9.17, 15) is 14.5 Å². The molecule has 0 radical (unpaired) electrons. The second kappa shape index (κ2) is 6.35. The highest BCUT2D eigenvalue weighted by Crippen LogP contribution is 2.27. The highest BCUT2D eigenvalue weighted by Gasteiger charge is 2.15. The third-order valence-corrected chi connectivity index (χ3v) is 3.38. The molecule has 2 rings (SSSR count). The van der Waals surface area contributed by atoms with Gasteiger partial charge in [-0.3, -0.25) is 10.1 Å². The van der Waals surface area contributed by atoms with Gasteiger partial charge in [0.05, 0.1) is 16.7 Å². The first-order valence-electron chi connectivity index (χ1n) is 6.78. The molecule has 0 aliphatic heterocycles. The van der Waals surface area contributed by atoms with Gasteiger partial charge in [0.1, 0.15) is 5.82 Å². The molecule has 0 bridgehead atoms. The predicted molar refractivity (Wildman–Crippen MR) is 80.9 cm³/mol. The number of hydrogen-bond donors (Lipinski definition) is 1. The summed E-state index contributed by atoms with van der Waals surface area (Å²) in [6.07, 6.45) is 0.741. The van der Waals surface area contributed by atoms with Crippen LogP contribution in [0.4, 0.5) is 15.8 Å². The number of non-ortho nitro benzene ring substituents is 1. The summed E-state index contributed by atoms with van der Waals surface area (Å²) in [7, 11) is 0. The van der Waals surface area contributed by atoms with Crippen LogP contribution in [0.1, 0.15) is 30.5 Å². The van der Waals surface area contributed by atoms with E-state index in [0.717, 1.165) is 29.7 Å². The van der Waals surface area contributed by atoms with Crippen molar-refractivity contribution in [2.75, 3.05) is 5.32 Å². The lowest BCUT2D eigenvalue weighted by molar-refractivity contribution is -0.384. The standard InChI is InChI=1S/C16H17FN2O2/c1-3-15(12-6-4-11(2)5-7-12)18-16-10-13(19(20)21)8-9-14(16)17/h4-10,15,18H,3H2,1-2H3. The van der Waals surface area contributed by atoms with Crippen molar-refractivity contribution < 1.29 is 9.31 Å². The summed E-state index contributed by atoms with van der Waals surface area (Å²) >= 11 is 0. The summed E-state index contributed by atoms with van der Waals surface area (Å²) in [5, 5.41) is 13.8. The number of anilines is 1. The SMILES string of the molecule is CCC(Nc1cc([N+](=O)[O-])ccc1F)c1ccc(C)cc1. The molecule has 0 saturated carbocycles. The average Bonchev–Trinajstić information content (AvgIpc) is 2.47. The maximum absolute atomic E-state index is 13.8. The molecule has 0 amide bonds. The Balaban J connectivity index is 2.28. The van der Waals surface area contributed by atoms with Gasteiger partial charge in [-0.15, -0.1) is 0 Å². The fourth-order valence-electron chi connectivity index (χ4n) is 2.15. The summed E-state index contributed by atoms with van der Waals surface area (Å²) in [6, 6.07) is 11.3. The summed E-state index contributed by atoms with van der Waals surface area (Å²) in [4.78, 5) is 10.3. The van der Waals surface area contributed by atoms with Gasteiger partial charge in [-0.25, -0.2) is 4.39 Å². The number of benzene rings is 2. The number of aryl methyl sites for hydroxylation is 1. The maximum Gasteiger partial charge on any atom is 0.271 e. The Bertz CT molecular complexity index is 641. The molecule has 0 spiro atoms. The van der Waals surface area contributed by atoms with Crippen LogP contribution in [0.3, 0.4) is 0 Å². The molecule has 0 aliphatic rings. The van der Waals surface area contributed by atoms with Crippen molar-refractivity contribution in [2.24, 2.45) is 0 Å². The molecule has 0 aromatic heterocycles. The first-order chi connectivity index (χ1) is 10.0. The second-order valence-corrected chi connectivity index (χ2v) is 4.94. The predicted octanol–water partition coefficient (Wildman–Crippen LogP) is 4.61. The van der Waals surface area contributed by atoms with Crippen LogP contribution >= 0.6 is 0 Å². The van der Waals surface area contributed by atoms with Crippen molar-refractivity contribution in [1.29, 1.82) is 0 Å². The Morgan fingerprint density at radius 1 is 1.24 bits per heavy atom. The van der Waals surface area contributed by atoms with Gasteiger partial charge in [-0.1, -0.05) is 36.8 Å². The lowest BCUT2D eigenvalue weighted by Gasteiger charge is -2.19. The smallest absolute Gasteiger partial charge is 0.271 e. The van der Waals surface area contributed by atoms with Crippen LogP contribution in [0.2, 0.25) is 0 Å². The molecule has 4 nitrogen and oxygen atoms in total. The minimum absolute atomic E-state index is 0.0953. The number of halogens is 1. The van der Waals surface area contributed by atoms with E-state index in [1.807, 2.05) is 38.1 Å². The Hall–Kier alpha value is -2.43. The summed E-state index contributed by atoms with van der Waals surface area (Å²) in [5.74, 6) is -0.494. The molecular weight excluding hydrogens is 271 g/mol. The van der Waals surface area contributed by atoms with Crippen LogP contribution in [0.25, 0.3) is 0 Å². The van der Waals surface area contributed by atoms with E-state index >= 15 is 0 Å². The van der Waals surface area contributed by atoms with Crippen molar-refractivity contribution in [1.82, 2.24) is 0 Å². The van der Waals surface area contributed by atoms with Crippen molar-refractivity contribution in [3.63, 3.8) is 0 Å². The van der Waals surface area contributed by atoms with Crippen LogP contribution in [-0.4, -0.2) is 4.92 Å². The van der Waals surface area contributed by atoms with Gasteiger partial charge in [0.2, 0.25) is 0 Å². The molecule has 5 heteroatoms. The molecule has 2 aromatic carbocycles. The van der Waals surface area contributed by atoms with Crippen molar-refractivity contribution >= 4 is 11.4 Å². The molecule has 110 valence electrons. The highest BCUT2D eigenvalue weighted by atomic mass is 19.1. The molecule has 21 heavy (non-hydrogen) atoms. The number of nitro benzene ring substituents is 1. The van der Waals surface area contributed by atoms with E-state index in [1.54, 1.807) is 0 Å². The number of nitro groups is 1. The van der Waals surface area contributed by atoms with Crippen molar-refractivity contribution in [3.05, 3.63) is 69.5 Å². The summed E-state index contributed by atoms with van der Waals surface area (Å²) in [6.45, 7) is 3.98. The van der Waals surface area contributed by atoms with Gasteiger partial charge in [-0.05, 0) is 25.0 Å². The fraction of sp³-hybridized carbons (Fsp3) is 0.250. The maximum atomic E-state index is 13.8. The normalized spacial score (nSPS) is 12.0. The van der Waals surface area contributed by atoms with E-state index in [4.69, 9.17) is 0 Å². The summed E-state index contributed by atoms with van der Waals surface area (Å²) in [5.41, 5.74) is 2.19. The first kappa shape index (κ1) is 15.0. The van der Waals surface area contributed by atoms with E-state index in [-0.39, 0.29) is 17.4 Å². The van der Waals surface area contributed by atoms with E-state index in [0.29, 0.717) is 0 Å². The minimum Gasteiger partial charge on any atom is -0.376 e. The quantitative estimate of drug-likeness (QED) is 0.646. The molecule has 0 saturated heterocycles. The van der Waals surface area contributed by atoms with Gasteiger partial charge in [-0.2, -0.15) is 0 Å². The van der Waals surface area contributed by atoms with Gasteiger partial charge in [0.25, 0.3) is 5.69 Å². The first-order valence-corrected chi connectivity index (χ1v) is 6.78. The van der Waals surface area contributed by atoms with E-state index in [1.165, 1.54) is 6.07 Å². The topological polar surface area (TPSA) is 55.2 Å². The Labute approximate surface area is 122 Å². The fourth-order valence-corrected chi connectivity index (χ4v) is 2.15. The zero-order chi connectivity index (χ0) is 15.4. The van der Waals surface area contributed by atoms with Crippen LogP contribution in [0.5, 0.6) is 0 Å². The van der Waals surface area contributed by atoms with Gasteiger partial charge in [0.15, 0.2) is 0 Å². The molecule has 1 atom stereocenters. The van der Waals surface area contributed by atoms with Crippen molar-refractivity contribution in [3.8, 4) is 0 Å². The monoisotopic (exact) mass is 288 g/mol. The van der Waals surface area contributed by atoms with Crippen LogP contribution in [-0.2, 0) is 0 Å². The van der Waals surface area contributed by atoms with E-state index < -0.39 is 10.7 Å². The number of hydrogen-bond acceptors (Lipinski definition) is 3. The molecule has 0 fully saturated rings. The highest BCUT2D eigenvalue weighted by molar-refractivity contribution is 5.53. The van der Waals surface area contributed by atoms with Gasteiger partial charge >= 0.3 is 0 Å². The third kappa shape index (κ3) is 3.56. The van der Waals surface area contributed by atoms with Crippen LogP contribution in [0.15, 0.2) is 42.5 Å². The third-order valence-electron chi connectivity index (χ3n) is 3.38. The number of nitrogens with zero attached hydrogens (tertiary/aromatic N) is 1. The second-order valence-electron chi connectivity index (χ2n) is 4.94. The Morgan fingerprint density at radius 2 is 1.90 bits per heavy atom. The lowest BCUT2D eigenvalue weighted by Crippen LogP contribution is -2.11. The molecule has 0 aliphatic carbocycles. The molecular formula is C16H17FN2O2. The van der Waals surface area contributed by atoms with Gasteiger partial charge in [0, 0.05) is 12.1 Å². The molecule has 0 heterocycles. The summed E-state index contributed by atoms with van der Waals surface area (Å²) < 4.78 is 13.8. The van der Waals surface area contributed by atoms with Gasteiger partial charge < -0.3 is 5.32 Å². The van der Waals surface area contributed by atoms with Crippen molar-refractivity contribution in [2.45, 2.75) is 26.3 Å². The average molecular weight is 288 g/mol. The lowest BCUT2D eigenvalue weighted by atomic mass is 10.0. The Morgan fingerprint density at radius 3 is 2.48 bits per heavy atom. The van der Waals surface area contributed by atoms with Crippen LogP contribution in [0, 0.1) is 22.9 Å². The largest absolute Gasteiger partial charge is 0.376 e. The molecule has 1 unspecified atom stereocenters. The molecule has 2 aromatic rings. The number of rotatable bonds is 5. The van der Waals surface area contributed by atoms with Crippen LogP contribution < -0.4 is 5.32 Å². The molecule has 1 N–H and O–H groups in total. The van der Waals surface area contributed by atoms with E-state index in [2.05, 4.69) is 5.32 Å². The zero-order valence-electron chi connectivity index (χ0n) is 12.0. The zero-order valence-corrected chi connectivity index (χ0v) is 12.0. The Kier molecular flexibility index (Phi) is 4.52. The number of nitrogens with one attached hydrogen (secondary N) is 1. The minimum atomic E-state index is -0.530.